The molecule has 0 aliphatic carbocycles. The minimum atomic E-state index is -0.0293. The van der Waals surface area contributed by atoms with Gasteiger partial charge in [0.05, 0.1) is 33.8 Å². The average molecular weight is 613 g/mol. The smallest absolute Gasteiger partial charge is 0.252 e. The molecule has 0 unspecified atom stereocenters. The minimum Gasteiger partial charge on any atom is -0.453 e. The van der Waals surface area contributed by atoms with Gasteiger partial charge in [0.15, 0.2) is 23.0 Å². The lowest BCUT2D eigenvalue weighted by Gasteiger charge is -2.47. The fraction of sp³-hybridized carbons (Fsp3) is 0. The van der Waals surface area contributed by atoms with Crippen LogP contribution >= 0.6 is 0 Å². The molecule has 8 aromatic rings. The molecule has 0 spiro atoms. The predicted molar refractivity (Wildman–Crippen MR) is 195 cm³/mol. The van der Waals surface area contributed by atoms with Crippen molar-refractivity contribution in [2.24, 2.45) is 0 Å². The predicted octanol–water partition coefficient (Wildman–Crippen LogP) is 9.08. The summed E-state index contributed by atoms with van der Waals surface area (Å²) in [6.45, 7) is -0.0293. The molecule has 0 saturated carbocycles. The quantitative estimate of drug-likeness (QED) is 0.173. The Morgan fingerprint density at radius 1 is 0.458 bits per heavy atom. The van der Waals surface area contributed by atoms with Gasteiger partial charge in [-0.15, -0.1) is 0 Å². The Kier molecular flexibility index (Phi) is 4.49. The highest BCUT2D eigenvalue weighted by Gasteiger charge is 2.48. The van der Waals surface area contributed by atoms with E-state index in [1.807, 2.05) is 6.07 Å². The molecule has 0 saturated heterocycles. The Bertz CT molecular complexity index is 2720. The number of hydrogen-bond donors (Lipinski definition) is 0. The Balaban J connectivity index is 1.27. The van der Waals surface area contributed by atoms with Crippen molar-refractivity contribution >= 4 is 79.0 Å². The van der Waals surface area contributed by atoms with E-state index in [1.54, 1.807) is 0 Å². The largest absolute Gasteiger partial charge is 0.453 e. The number of rotatable bonds is 1. The Morgan fingerprint density at radius 2 is 1.08 bits per heavy atom. The maximum absolute atomic E-state index is 7.10. The minimum absolute atomic E-state index is 0.0293. The molecule has 5 heterocycles. The summed E-state index contributed by atoms with van der Waals surface area (Å²) in [5.74, 6) is 3.47. The van der Waals surface area contributed by atoms with Gasteiger partial charge in [0.1, 0.15) is 0 Å². The molecule has 48 heavy (non-hydrogen) atoms. The Labute approximate surface area is 276 Å². The van der Waals surface area contributed by atoms with E-state index >= 15 is 0 Å². The lowest BCUT2D eigenvalue weighted by atomic mass is 9.33. The third-order valence-electron chi connectivity index (χ3n) is 10.5. The van der Waals surface area contributed by atoms with Crippen LogP contribution in [0.2, 0.25) is 0 Å². The second-order valence-corrected chi connectivity index (χ2v) is 12.9. The Morgan fingerprint density at radius 3 is 1.90 bits per heavy atom. The molecular formula is C42H24BN3O2. The van der Waals surface area contributed by atoms with Crippen LogP contribution in [0.3, 0.4) is 0 Å². The monoisotopic (exact) mass is 613 g/mol. The summed E-state index contributed by atoms with van der Waals surface area (Å²) in [5, 5.41) is 2.38. The van der Waals surface area contributed by atoms with E-state index in [1.165, 1.54) is 38.5 Å². The summed E-state index contributed by atoms with van der Waals surface area (Å²) in [4.78, 5) is 4.86. The normalized spacial score (nSPS) is 14.0. The molecule has 0 amide bonds. The third kappa shape index (κ3) is 2.90. The number of aromatic nitrogens is 1. The molecule has 222 valence electrons. The van der Waals surface area contributed by atoms with Crippen molar-refractivity contribution in [3.8, 4) is 28.7 Å². The van der Waals surface area contributed by atoms with Crippen LogP contribution in [0, 0.1) is 0 Å². The highest BCUT2D eigenvalue weighted by molar-refractivity contribution is 7.00. The van der Waals surface area contributed by atoms with Crippen LogP contribution in [0.4, 0.5) is 34.1 Å². The molecule has 1 aromatic heterocycles. The van der Waals surface area contributed by atoms with Gasteiger partial charge in [-0.2, -0.15) is 0 Å². The van der Waals surface area contributed by atoms with Crippen molar-refractivity contribution in [2.75, 3.05) is 9.80 Å². The molecule has 5 nitrogen and oxygen atoms in total. The molecule has 0 bridgehead atoms. The van der Waals surface area contributed by atoms with Crippen LogP contribution in [0.5, 0.6) is 23.0 Å². The van der Waals surface area contributed by atoms with E-state index in [9.17, 15) is 0 Å². The summed E-state index contributed by atoms with van der Waals surface area (Å²) < 4.78 is 16.1. The van der Waals surface area contributed by atoms with E-state index in [0.29, 0.717) is 0 Å². The highest BCUT2D eigenvalue weighted by atomic mass is 16.5. The molecule has 0 fully saturated rings. The number of fused-ring (bicyclic) bond motifs is 12. The lowest BCUT2D eigenvalue weighted by Crippen LogP contribution is -2.61. The molecule has 0 radical (unpaired) electrons. The first-order valence-electron chi connectivity index (χ1n) is 16.4. The van der Waals surface area contributed by atoms with Crippen LogP contribution in [0.15, 0.2) is 146 Å². The maximum atomic E-state index is 7.10. The Hall–Kier alpha value is -6.40. The van der Waals surface area contributed by atoms with E-state index in [2.05, 4.69) is 154 Å². The van der Waals surface area contributed by atoms with Gasteiger partial charge >= 0.3 is 0 Å². The van der Waals surface area contributed by atoms with Crippen molar-refractivity contribution in [3.63, 3.8) is 0 Å². The van der Waals surface area contributed by atoms with Gasteiger partial charge in [0.2, 0.25) is 0 Å². The maximum Gasteiger partial charge on any atom is 0.252 e. The van der Waals surface area contributed by atoms with E-state index in [0.717, 1.165) is 62.5 Å². The van der Waals surface area contributed by atoms with Gasteiger partial charge in [-0.05, 0) is 77.1 Å². The van der Waals surface area contributed by atoms with Crippen molar-refractivity contribution < 1.29 is 9.47 Å². The van der Waals surface area contributed by atoms with Crippen LogP contribution < -0.4 is 35.7 Å². The second kappa shape index (κ2) is 8.69. The topological polar surface area (TPSA) is 29.9 Å². The van der Waals surface area contributed by atoms with E-state index < -0.39 is 0 Å². The molecule has 4 aliphatic rings. The average Bonchev–Trinajstić information content (AvgIpc) is 3.48. The molecule has 6 heteroatoms. The SMILES string of the molecule is c1ccc(-n2c3ccccc3c3cc4c5c(c32)Oc2ccccc2N5c2cccc3c2B4c2cccc4c2N3c2ccccc2O4)cc1. The fourth-order valence-corrected chi connectivity index (χ4v) is 8.72. The summed E-state index contributed by atoms with van der Waals surface area (Å²) in [6.07, 6.45) is 0. The first kappa shape index (κ1) is 24.8. The zero-order valence-electron chi connectivity index (χ0n) is 25.6. The molecule has 0 N–H and O–H groups in total. The van der Waals surface area contributed by atoms with Gasteiger partial charge in [-0.1, -0.05) is 84.9 Å². The molecular weight excluding hydrogens is 589 g/mol. The van der Waals surface area contributed by atoms with Gasteiger partial charge < -0.3 is 23.8 Å². The van der Waals surface area contributed by atoms with Gasteiger partial charge in [0, 0.05) is 27.8 Å². The van der Waals surface area contributed by atoms with Crippen LogP contribution in [0.25, 0.3) is 27.5 Å². The van der Waals surface area contributed by atoms with Gasteiger partial charge in [-0.25, -0.2) is 0 Å². The van der Waals surface area contributed by atoms with Gasteiger partial charge in [0.25, 0.3) is 6.71 Å². The summed E-state index contributed by atoms with van der Waals surface area (Å²) in [5.41, 5.74) is 13.7. The second-order valence-electron chi connectivity index (χ2n) is 12.9. The number of nitrogens with zero attached hydrogens (tertiary/aromatic N) is 3. The van der Waals surface area contributed by atoms with Crippen molar-refractivity contribution in [2.45, 2.75) is 0 Å². The zero-order valence-corrected chi connectivity index (χ0v) is 25.6. The van der Waals surface area contributed by atoms with Crippen LogP contribution in [-0.4, -0.2) is 11.3 Å². The number of hydrogen-bond acceptors (Lipinski definition) is 4. The number of ether oxygens (including phenoxy) is 2. The third-order valence-corrected chi connectivity index (χ3v) is 10.5. The summed E-state index contributed by atoms with van der Waals surface area (Å²) in [6, 6.07) is 51.8. The number of para-hydroxylation sites is 7. The van der Waals surface area contributed by atoms with Crippen LogP contribution in [0.1, 0.15) is 0 Å². The zero-order chi connectivity index (χ0) is 31.1. The first-order chi connectivity index (χ1) is 23.8. The summed E-state index contributed by atoms with van der Waals surface area (Å²) in [7, 11) is 0. The fourth-order valence-electron chi connectivity index (χ4n) is 8.72. The van der Waals surface area contributed by atoms with Crippen molar-refractivity contribution in [1.29, 1.82) is 0 Å². The first-order valence-corrected chi connectivity index (χ1v) is 16.4. The van der Waals surface area contributed by atoms with Gasteiger partial charge in [-0.3, -0.25) is 0 Å². The van der Waals surface area contributed by atoms with Crippen LogP contribution in [-0.2, 0) is 0 Å². The standard InChI is InChI=1S/C42H24BN3O2/c1-2-12-25(13-3-1)44-30-16-5-4-14-26(30)27-24-29-41-42(39(27)44)48-36-22-9-7-18-32(36)46(41)34-20-11-19-33-38(34)43(29)28-15-10-23-37-40(28)45(33)31-17-6-8-21-35(31)47-37/h1-24H. The van der Waals surface area contributed by atoms with Crippen molar-refractivity contribution in [1.82, 2.24) is 4.57 Å². The molecule has 12 rings (SSSR count). The highest BCUT2D eigenvalue weighted by Crippen LogP contribution is 2.57. The van der Waals surface area contributed by atoms with E-state index in [-0.39, 0.29) is 6.71 Å². The number of benzene rings is 7. The molecule has 7 aromatic carbocycles. The number of anilines is 6. The molecule has 0 atom stereocenters. The lowest BCUT2D eigenvalue weighted by molar-refractivity contribution is 0.477. The van der Waals surface area contributed by atoms with Crippen molar-refractivity contribution in [3.05, 3.63) is 146 Å². The summed E-state index contributed by atoms with van der Waals surface area (Å²) >= 11 is 0. The molecule has 4 aliphatic heterocycles. The van der Waals surface area contributed by atoms with E-state index in [4.69, 9.17) is 9.47 Å².